The highest BCUT2D eigenvalue weighted by molar-refractivity contribution is 7.21. The largest absolute Gasteiger partial charge is 0.505 e. The summed E-state index contributed by atoms with van der Waals surface area (Å²) in [6.45, 7) is 8.06. The third-order valence-corrected chi connectivity index (χ3v) is 4.79. The van der Waals surface area contributed by atoms with Gasteiger partial charge in [-0.15, -0.1) is 0 Å². The van der Waals surface area contributed by atoms with Crippen LogP contribution in [0, 0.1) is 0 Å². The normalized spacial score (nSPS) is 20.6. The second-order valence-electron chi connectivity index (χ2n) is 5.65. The molecule has 0 amide bonds. The number of thiophene rings is 1. The van der Waals surface area contributed by atoms with Crippen molar-refractivity contribution in [1.29, 1.82) is 0 Å². The Bertz CT molecular complexity index is 465. The van der Waals surface area contributed by atoms with Crippen LogP contribution in [0.2, 0.25) is 0 Å². The fourth-order valence-electron chi connectivity index (χ4n) is 1.88. The van der Waals surface area contributed by atoms with Gasteiger partial charge in [0.1, 0.15) is 0 Å². The number of ether oxygens (including phenoxy) is 1. The van der Waals surface area contributed by atoms with E-state index in [1.54, 1.807) is 11.3 Å². The molecule has 0 aliphatic carbocycles. The van der Waals surface area contributed by atoms with Crippen molar-refractivity contribution in [1.82, 2.24) is 0 Å². The molecule has 2 heterocycles. The Morgan fingerprint density at radius 3 is 2.42 bits per heavy atom. The molecular formula is C13H19BO4S. The Labute approximate surface area is 118 Å². The lowest BCUT2D eigenvalue weighted by molar-refractivity contribution is -0.139. The Hall–Kier alpha value is -0.845. The Kier molecular flexibility index (Phi) is 3.77. The molecule has 0 aromatic carbocycles. The molecule has 1 saturated heterocycles. The van der Waals surface area contributed by atoms with E-state index in [-0.39, 0.29) is 23.6 Å². The van der Waals surface area contributed by atoms with Crippen LogP contribution < -0.4 is 4.78 Å². The molecule has 6 heteroatoms. The first-order valence-electron chi connectivity index (χ1n) is 6.25. The molecule has 0 N–H and O–H groups in total. The van der Waals surface area contributed by atoms with Gasteiger partial charge in [0.05, 0.1) is 24.7 Å². The van der Waals surface area contributed by atoms with E-state index in [9.17, 15) is 4.79 Å². The second-order valence-corrected chi connectivity index (χ2v) is 6.60. The maximum Gasteiger partial charge on any atom is 0.505 e. The number of esters is 1. The van der Waals surface area contributed by atoms with Crippen LogP contribution in [0.25, 0.3) is 0 Å². The Morgan fingerprint density at radius 2 is 1.89 bits per heavy atom. The minimum absolute atomic E-state index is 0.249. The molecule has 19 heavy (non-hydrogen) atoms. The number of carbonyl (C=O) groups excluding carboxylic acids is 1. The minimum Gasteiger partial charge on any atom is -0.469 e. The van der Waals surface area contributed by atoms with Gasteiger partial charge < -0.3 is 14.0 Å². The zero-order valence-corrected chi connectivity index (χ0v) is 12.8. The van der Waals surface area contributed by atoms with E-state index in [2.05, 4.69) is 0 Å². The summed E-state index contributed by atoms with van der Waals surface area (Å²) >= 11 is 1.54. The average Bonchev–Trinajstić information content (AvgIpc) is 2.82. The third-order valence-electron chi connectivity index (χ3n) is 3.81. The van der Waals surface area contributed by atoms with E-state index < -0.39 is 7.12 Å². The van der Waals surface area contributed by atoms with Crippen LogP contribution in [0.1, 0.15) is 33.3 Å². The van der Waals surface area contributed by atoms with Gasteiger partial charge in [-0.1, -0.05) is 0 Å². The number of hydrogen-bond donors (Lipinski definition) is 0. The highest BCUT2D eigenvalue weighted by atomic mass is 32.1. The van der Waals surface area contributed by atoms with Crippen LogP contribution in [0.15, 0.2) is 11.4 Å². The van der Waals surface area contributed by atoms with Gasteiger partial charge in [0.15, 0.2) is 0 Å². The lowest BCUT2D eigenvalue weighted by atomic mass is 9.84. The van der Waals surface area contributed by atoms with Gasteiger partial charge in [-0.25, -0.2) is 0 Å². The van der Waals surface area contributed by atoms with Gasteiger partial charge in [-0.3, -0.25) is 4.79 Å². The molecular weight excluding hydrogens is 263 g/mol. The predicted molar refractivity (Wildman–Crippen MR) is 75.8 cm³/mol. The maximum atomic E-state index is 11.4. The number of carbonyl (C=O) groups is 1. The van der Waals surface area contributed by atoms with Gasteiger partial charge >= 0.3 is 13.1 Å². The van der Waals surface area contributed by atoms with Crippen LogP contribution in [0.4, 0.5) is 0 Å². The molecule has 0 saturated carbocycles. The van der Waals surface area contributed by atoms with Crippen LogP contribution in [0.3, 0.4) is 0 Å². The molecule has 2 rings (SSSR count). The van der Waals surface area contributed by atoms with Gasteiger partial charge in [-0.2, -0.15) is 11.3 Å². The first kappa shape index (κ1) is 14.6. The molecule has 0 radical (unpaired) electrons. The van der Waals surface area contributed by atoms with E-state index in [0.29, 0.717) is 0 Å². The van der Waals surface area contributed by atoms with Gasteiger partial charge in [0.2, 0.25) is 0 Å². The molecule has 104 valence electrons. The summed E-state index contributed by atoms with van der Waals surface area (Å²) in [5.74, 6) is -0.254. The third kappa shape index (κ3) is 2.71. The number of methoxy groups -OCH3 is 1. The molecule has 4 nitrogen and oxygen atoms in total. The molecule has 0 bridgehead atoms. The van der Waals surface area contributed by atoms with Crippen LogP contribution in [-0.2, 0) is 25.3 Å². The topological polar surface area (TPSA) is 44.8 Å². The SMILES string of the molecule is COC(=O)Cc1ccsc1B1OC(C)(C)C(C)(C)O1. The van der Waals surface area contributed by atoms with Gasteiger partial charge in [0, 0.05) is 4.78 Å². The van der Waals surface area contributed by atoms with E-state index in [1.807, 2.05) is 39.1 Å². The highest BCUT2D eigenvalue weighted by Gasteiger charge is 2.52. The van der Waals surface area contributed by atoms with Crippen LogP contribution in [0.5, 0.6) is 0 Å². The summed E-state index contributed by atoms with van der Waals surface area (Å²) in [6, 6.07) is 1.92. The summed E-state index contributed by atoms with van der Waals surface area (Å²) < 4.78 is 17.7. The van der Waals surface area contributed by atoms with Crippen molar-refractivity contribution in [2.24, 2.45) is 0 Å². The summed E-state index contributed by atoms with van der Waals surface area (Å²) in [7, 11) is 0.980. The summed E-state index contributed by atoms with van der Waals surface area (Å²) in [4.78, 5) is 11.4. The maximum absolute atomic E-state index is 11.4. The van der Waals surface area contributed by atoms with E-state index in [1.165, 1.54) is 7.11 Å². The van der Waals surface area contributed by atoms with Crippen molar-refractivity contribution in [3.05, 3.63) is 17.0 Å². The van der Waals surface area contributed by atoms with Gasteiger partial charge in [0.25, 0.3) is 0 Å². The smallest absolute Gasteiger partial charge is 0.469 e. The molecule has 1 fully saturated rings. The summed E-state index contributed by atoms with van der Waals surface area (Å²) in [5.41, 5.74) is 0.171. The fraction of sp³-hybridized carbons (Fsp3) is 0.615. The molecule has 1 aromatic heterocycles. The van der Waals surface area contributed by atoms with E-state index >= 15 is 0 Å². The molecule has 0 spiro atoms. The number of rotatable bonds is 3. The van der Waals surface area contributed by atoms with Gasteiger partial charge in [-0.05, 0) is 44.7 Å². The van der Waals surface area contributed by atoms with Crippen molar-refractivity contribution in [3.8, 4) is 0 Å². The molecule has 1 aliphatic heterocycles. The van der Waals surface area contributed by atoms with Crippen molar-refractivity contribution in [2.75, 3.05) is 7.11 Å². The van der Waals surface area contributed by atoms with Crippen molar-refractivity contribution in [2.45, 2.75) is 45.3 Å². The lowest BCUT2D eigenvalue weighted by Crippen LogP contribution is -2.41. The van der Waals surface area contributed by atoms with Crippen molar-refractivity contribution < 1.29 is 18.8 Å². The first-order chi connectivity index (χ1) is 8.77. The van der Waals surface area contributed by atoms with E-state index in [4.69, 9.17) is 14.0 Å². The molecule has 1 aliphatic rings. The molecule has 1 aromatic rings. The highest BCUT2D eigenvalue weighted by Crippen LogP contribution is 2.37. The van der Waals surface area contributed by atoms with E-state index in [0.717, 1.165) is 10.3 Å². The van der Waals surface area contributed by atoms with Crippen molar-refractivity contribution >= 4 is 29.2 Å². The standard InChI is InChI=1S/C13H19BO4S/c1-12(2)13(3,4)18-14(17-12)11-9(6-7-19-11)8-10(15)16-5/h6-7H,8H2,1-5H3. The minimum atomic E-state index is -0.412. The number of hydrogen-bond acceptors (Lipinski definition) is 5. The zero-order chi connectivity index (χ0) is 14.3. The molecule has 0 unspecified atom stereocenters. The summed E-state index contributed by atoms with van der Waals surface area (Å²) in [6.07, 6.45) is 0.249. The second kappa shape index (κ2) is 4.92. The molecule has 0 atom stereocenters. The zero-order valence-electron chi connectivity index (χ0n) is 12.0. The predicted octanol–water partition coefficient (Wildman–Crippen LogP) is 1.76. The Balaban J connectivity index is 2.21. The van der Waals surface area contributed by atoms with Crippen molar-refractivity contribution in [3.63, 3.8) is 0 Å². The van der Waals surface area contributed by atoms with Crippen LogP contribution >= 0.6 is 11.3 Å². The average molecular weight is 282 g/mol. The monoisotopic (exact) mass is 282 g/mol. The Morgan fingerprint density at radius 1 is 1.32 bits per heavy atom. The van der Waals surface area contributed by atoms with Crippen LogP contribution in [-0.4, -0.2) is 31.4 Å². The summed E-state index contributed by atoms with van der Waals surface area (Å²) in [5, 5.41) is 1.94. The quantitative estimate of drug-likeness (QED) is 0.626. The first-order valence-corrected chi connectivity index (χ1v) is 7.13. The fourth-order valence-corrected chi connectivity index (χ4v) is 2.76. The lowest BCUT2D eigenvalue weighted by Gasteiger charge is -2.32.